The molecule has 0 bridgehead atoms. The van der Waals surface area contributed by atoms with Crippen LogP contribution in [0.25, 0.3) is 16.9 Å². The fourth-order valence-electron chi connectivity index (χ4n) is 5.73. The van der Waals surface area contributed by atoms with E-state index in [1.165, 1.54) is 0 Å². The van der Waals surface area contributed by atoms with Crippen LogP contribution in [0.15, 0.2) is 59.7 Å². The Balaban J connectivity index is 1.35. The van der Waals surface area contributed by atoms with Crippen LogP contribution >= 0.6 is 0 Å². The van der Waals surface area contributed by atoms with Crippen molar-refractivity contribution < 1.29 is 5.11 Å². The standard InChI is InChI=1S/C28H34N8O2/c1-3-15-35-26(37)22-18-30-27(31-20-7-9-21(10-8-20)34-16-13-29-14-17-34)33-25(22)36(35)23-11-6-19-5-4-12-28(2,38)24(19)32-23/h3,6-9,11,18,21,29,38H,1,4-5,10,12-17H2,2H3,(H,30,31,33)/t21?,28-/m0/s1. The molecule has 1 fully saturated rings. The maximum Gasteiger partial charge on any atom is 0.278 e. The molecule has 10 nitrogen and oxygen atoms in total. The van der Waals surface area contributed by atoms with Crippen LogP contribution in [-0.4, -0.2) is 66.5 Å². The molecule has 0 amide bonds. The first-order valence-corrected chi connectivity index (χ1v) is 13.4. The average Bonchev–Trinajstić information content (AvgIpc) is 3.20. The van der Waals surface area contributed by atoms with Crippen LogP contribution in [0.2, 0.25) is 0 Å². The second-order valence-corrected chi connectivity index (χ2v) is 10.5. The molecule has 2 atom stereocenters. The van der Waals surface area contributed by atoms with Gasteiger partial charge < -0.3 is 15.7 Å². The molecule has 4 heterocycles. The number of aryl methyl sites for hydroxylation is 1. The van der Waals surface area contributed by atoms with Crippen molar-refractivity contribution in [2.45, 2.75) is 50.8 Å². The van der Waals surface area contributed by atoms with Crippen LogP contribution < -0.4 is 16.2 Å². The zero-order valence-corrected chi connectivity index (χ0v) is 21.7. The zero-order chi connectivity index (χ0) is 26.3. The van der Waals surface area contributed by atoms with E-state index in [2.05, 4.69) is 45.3 Å². The molecule has 1 aliphatic heterocycles. The fraction of sp³-hybridized carbons (Fsp3) is 0.429. The van der Waals surface area contributed by atoms with Crippen molar-refractivity contribution in [2.24, 2.45) is 0 Å². The summed E-state index contributed by atoms with van der Waals surface area (Å²) >= 11 is 0. The highest BCUT2D eigenvalue weighted by atomic mass is 16.3. The number of fused-ring (bicyclic) bond motifs is 2. The number of hydrogen-bond donors (Lipinski definition) is 3. The summed E-state index contributed by atoms with van der Waals surface area (Å²) in [6, 6.07) is 4.28. The first-order valence-electron chi connectivity index (χ1n) is 13.4. The van der Waals surface area contributed by atoms with E-state index >= 15 is 0 Å². The Morgan fingerprint density at radius 2 is 2.13 bits per heavy atom. The monoisotopic (exact) mass is 514 g/mol. The number of nitrogens with one attached hydrogen (secondary N) is 2. The van der Waals surface area contributed by atoms with Crippen molar-refractivity contribution >= 4 is 17.0 Å². The Hall–Kier alpha value is -3.60. The van der Waals surface area contributed by atoms with E-state index < -0.39 is 5.60 Å². The summed E-state index contributed by atoms with van der Waals surface area (Å²) in [5.74, 6) is 0.934. The highest BCUT2D eigenvalue weighted by molar-refractivity contribution is 5.76. The lowest BCUT2D eigenvalue weighted by Gasteiger charge is -2.34. The van der Waals surface area contributed by atoms with Crippen LogP contribution in [0.1, 0.15) is 37.4 Å². The maximum absolute atomic E-state index is 13.3. The molecule has 1 saturated heterocycles. The third-order valence-corrected chi connectivity index (χ3v) is 7.73. The van der Waals surface area contributed by atoms with Crippen LogP contribution in [0.5, 0.6) is 0 Å². The summed E-state index contributed by atoms with van der Waals surface area (Å²) in [5.41, 5.74) is 1.85. The summed E-state index contributed by atoms with van der Waals surface area (Å²) in [6.45, 7) is 10.1. The predicted molar refractivity (Wildman–Crippen MR) is 147 cm³/mol. The number of pyridine rings is 1. The molecular formula is C28H34N8O2. The number of allylic oxidation sites excluding steroid dienone is 2. The van der Waals surface area contributed by atoms with E-state index in [1.54, 1.807) is 28.6 Å². The van der Waals surface area contributed by atoms with Gasteiger partial charge in [0.1, 0.15) is 11.0 Å². The van der Waals surface area contributed by atoms with Crippen molar-refractivity contribution in [1.29, 1.82) is 0 Å². The molecule has 6 rings (SSSR count). The SMILES string of the molecule is C=CCn1c(=O)c2cnc(NC3=CCC(N4CCNCC4)C=C3)nc2n1-c1ccc2c(n1)[C@@](C)(O)CCC2. The van der Waals surface area contributed by atoms with Crippen LogP contribution in [0, 0.1) is 0 Å². The van der Waals surface area contributed by atoms with Crippen LogP contribution in [-0.2, 0) is 18.6 Å². The summed E-state index contributed by atoms with van der Waals surface area (Å²) in [7, 11) is 0. The van der Waals surface area contributed by atoms with Crippen molar-refractivity contribution in [1.82, 2.24) is 34.5 Å². The van der Waals surface area contributed by atoms with E-state index in [1.807, 2.05) is 12.1 Å². The predicted octanol–water partition coefficient (Wildman–Crippen LogP) is 2.24. The van der Waals surface area contributed by atoms with Crippen molar-refractivity contribution in [2.75, 3.05) is 31.5 Å². The summed E-state index contributed by atoms with van der Waals surface area (Å²) in [4.78, 5) is 29.8. The number of aromatic nitrogens is 5. The van der Waals surface area contributed by atoms with Gasteiger partial charge in [0.2, 0.25) is 5.95 Å². The van der Waals surface area contributed by atoms with Crippen molar-refractivity contribution in [3.05, 3.63) is 76.5 Å². The Bertz CT molecular complexity index is 1490. The van der Waals surface area contributed by atoms with Gasteiger partial charge in [-0.15, -0.1) is 6.58 Å². The minimum absolute atomic E-state index is 0.214. The third kappa shape index (κ3) is 4.48. The number of nitrogens with zero attached hydrogens (tertiary/aromatic N) is 6. The molecule has 1 unspecified atom stereocenters. The molecule has 3 N–H and O–H groups in total. The van der Waals surface area contributed by atoms with Gasteiger partial charge in [0.25, 0.3) is 5.56 Å². The molecular weight excluding hydrogens is 480 g/mol. The lowest BCUT2D eigenvalue weighted by molar-refractivity contribution is 0.0339. The van der Waals surface area contributed by atoms with Gasteiger partial charge in [-0.05, 0) is 50.3 Å². The molecule has 38 heavy (non-hydrogen) atoms. The maximum atomic E-state index is 13.3. The molecule has 10 heteroatoms. The van der Waals surface area contributed by atoms with Crippen molar-refractivity contribution in [3.63, 3.8) is 0 Å². The number of anilines is 1. The highest BCUT2D eigenvalue weighted by Gasteiger charge is 2.32. The lowest BCUT2D eigenvalue weighted by atomic mass is 9.84. The molecule has 0 radical (unpaired) electrons. The highest BCUT2D eigenvalue weighted by Crippen LogP contribution is 2.34. The van der Waals surface area contributed by atoms with Gasteiger partial charge in [0, 0.05) is 44.1 Å². The van der Waals surface area contributed by atoms with Crippen LogP contribution in [0.4, 0.5) is 5.95 Å². The zero-order valence-electron chi connectivity index (χ0n) is 21.7. The summed E-state index contributed by atoms with van der Waals surface area (Å²) in [5, 5.41) is 18.1. The molecule has 0 aromatic carbocycles. The van der Waals surface area contributed by atoms with Crippen LogP contribution in [0.3, 0.4) is 0 Å². The van der Waals surface area contributed by atoms with E-state index in [0.29, 0.717) is 41.0 Å². The van der Waals surface area contributed by atoms with E-state index in [-0.39, 0.29) is 12.1 Å². The molecule has 3 aliphatic rings. The van der Waals surface area contributed by atoms with Crippen molar-refractivity contribution in [3.8, 4) is 5.82 Å². The second kappa shape index (κ2) is 9.94. The molecule has 3 aromatic heterocycles. The number of aliphatic hydroxyl groups is 1. The quantitative estimate of drug-likeness (QED) is 0.430. The molecule has 3 aromatic rings. The number of rotatable bonds is 6. The van der Waals surface area contributed by atoms with Gasteiger partial charge in [-0.1, -0.05) is 24.3 Å². The van der Waals surface area contributed by atoms with Gasteiger partial charge >= 0.3 is 0 Å². The Morgan fingerprint density at radius 1 is 1.29 bits per heavy atom. The normalized spacial score (nSPS) is 23.7. The Morgan fingerprint density at radius 3 is 2.89 bits per heavy atom. The minimum atomic E-state index is -1.01. The van der Waals surface area contributed by atoms with Gasteiger partial charge in [-0.2, -0.15) is 4.98 Å². The van der Waals surface area contributed by atoms with Gasteiger partial charge in [-0.3, -0.25) is 9.69 Å². The molecule has 198 valence electrons. The summed E-state index contributed by atoms with van der Waals surface area (Å²) < 4.78 is 3.27. The van der Waals surface area contributed by atoms with Gasteiger partial charge in [0.15, 0.2) is 11.5 Å². The fourth-order valence-corrected chi connectivity index (χ4v) is 5.73. The third-order valence-electron chi connectivity index (χ3n) is 7.73. The Labute approximate surface area is 221 Å². The minimum Gasteiger partial charge on any atom is -0.384 e. The van der Waals surface area contributed by atoms with Gasteiger partial charge in [-0.25, -0.2) is 19.3 Å². The molecule has 2 aliphatic carbocycles. The first-order chi connectivity index (χ1) is 18.4. The average molecular weight is 515 g/mol. The number of hydrogen-bond acceptors (Lipinski definition) is 8. The largest absolute Gasteiger partial charge is 0.384 e. The first kappa shape index (κ1) is 24.7. The Kier molecular flexibility index (Phi) is 6.46. The van der Waals surface area contributed by atoms with E-state index in [9.17, 15) is 9.90 Å². The lowest BCUT2D eigenvalue weighted by Crippen LogP contribution is -2.48. The molecule has 0 saturated carbocycles. The van der Waals surface area contributed by atoms with E-state index in [0.717, 1.165) is 56.7 Å². The second-order valence-electron chi connectivity index (χ2n) is 10.5. The number of piperazine rings is 1. The van der Waals surface area contributed by atoms with E-state index in [4.69, 9.17) is 9.97 Å². The molecule has 0 spiro atoms. The topological polar surface area (TPSA) is 113 Å². The summed E-state index contributed by atoms with van der Waals surface area (Å²) in [6.07, 6.45) is 13.1. The smallest absolute Gasteiger partial charge is 0.278 e. The van der Waals surface area contributed by atoms with Gasteiger partial charge in [0.05, 0.1) is 12.2 Å².